The molecule has 0 saturated carbocycles. The van der Waals surface area contributed by atoms with Crippen LogP contribution in [0.25, 0.3) is 0 Å². The molecule has 18 heavy (non-hydrogen) atoms. The number of pyridine rings is 1. The van der Waals surface area contributed by atoms with E-state index < -0.39 is 0 Å². The number of nitrogens with zero attached hydrogens (tertiary/aromatic N) is 1. The summed E-state index contributed by atoms with van der Waals surface area (Å²) in [5.74, 6) is -0.0493. The Morgan fingerprint density at radius 1 is 1.17 bits per heavy atom. The average Bonchev–Trinajstić information content (AvgIpc) is 2.33. The molecule has 0 spiro atoms. The summed E-state index contributed by atoms with van der Waals surface area (Å²) < 4.78 is 1.74. The fourth-order valence-electron chi connectivity index (χ4n) is 1.47. The van der Waals surface area contributed by atoms with E-state index in [-0.39, 0.29) is 12.2 Å². The summed E-state index contributed by atoms with van der Waals surface area (Å²) in [4.78, 5) is 16.1. The second-order valence-corrected chi connectivity index (χ2v) is 5.94. The number of benzene rings is 1. The Balaban J connectivity index is 2.18. The molecule has 0 N–H and O–H groups in total. The number of carbonyl (C=O) groups excluding carboxylic acids is 1. The lowest BCUT2D eigenvalue weighted by Gasteiger charge is -2.04. The Kier molecular flexibility index (Phi) is 4.54. The molecule has 92 valence electrons. The van der Waals surface area contributed by atoms with Crippen LogP contribution < -0.4 is 0 Å². The van der Waals surface area contributed by atoms with Gasteiger partial charge in [-0.2, -0.15) is 0 Å². The van der Waals surface area contributed by atoms with Gasteiger partial charge < -0.3 is 0 Å². The summed E-state index contributed by atoms with van der Waals surface area (Å²) in [7, 11) is 0. The number of carbonyl (C=O) groups is 1. The zero-order valence-corrected chi connectivity index (χ0v) is 13.1. The minimum absolute atomic E-state index is 0.0493. The predicted octanol–water partition coefficient (Wildman–Crippen LogP) is 4.69. The maximum atomic E-state index is 12.0. The molecule has 1 aromatic heterocycles. The zero-order chi connectivity index (χ0) is 13.1. The van der Waals surface area contributed by atoms with Crippen LogP contribution in [0.15, 0.2) is 45.5 Å². The van der Waals surface area contributed by atoms with E-state index >= 15 is 0 Å². The summed E-state index contributed by atoms with van der Waals surface area (Å²) >= 11 is 12.7. The molecule has 0 amide bonds. The monoisotopic (exact) mass is 387 g/mol. The minimum atomic E-state index is -0.0493. The molecule has 2 rings (SSSR count). The van der Waals surface area contributed by atoms with Crippen LogP contribution in [0, 0.1) is 0 Å². The van der Waals surface area contributed by atoms with Gasteiger partial charge in [0.2, 0.25) is 0 Å². The van der Waals surface area contributed by atoms with Crippen molar-refractivity contribution >= 4 is 49.2 Å². The minimum Gasteiger partial charge on any atom is -0.292 e. The first-order valence-corrected chi connectivity index (χ1v) is 7.11. The summed E-state index contributed by atoms with van der Waals surface area (Å²) in [6, 6.07) is 8.97. The molecule has 0 aliphatic rings. The van der Waals surface area contributed by atoms with Crippen molar-refractivity contribution < 1.29 is 4.79 Å². The Morgan fingerprint density at radius 3 is 2.50 bits per heavy atom. The van der Waals surface area contributed by atoms with Crippen molar-refractivity contribution in [2.75, 3.05) is 0 Å². The largest absolute Gasteiger partial charge is 0.292 e. The van der Waals surface area contributed by atoms with Crippen molar-refractivity contribution in [1.29, 1.82) is 0 Å². The van der Waals surface area contributed by atoms with Gasteiger partial charge in [-0.05, 0) is 45.8 Å². The van der Waals surface area contributed by atoms with Crippen LogP contribution in [0.4, 0.5) is 0 Å². The van der Waals surface area contributed by atoms with Gasteiger partial charge >= 0.3 is 0 Å². The highest BCUT2D eigenvalue weighted by atomic mass is 79.9. The third-order valence-electron chi connectivity index (χ3n) is 2.38. The highest BCUT2D eigenvalue weighted by molar-refractivity contribution is 9.10. The Hall–Kier alpha value is -0.710. The predicted molar refractivity (Wildman–Crippen MR) is 79.1 cm³/mol. The number of aromatic nitrogens is 1. The molecule has 0 saturated heterocycles. The van der Waals surface area contributed by atoms with E-state index in [1.807, 2.05) is 12.1 Å². The van der Waals surface area contributed by atoms with Gasteiger partial charge in [0.25, 0.3) is 0 Å². The Labute approximate surface area is 127 Å². The third kappa shape index (κ3) is 3.40. The second-order valence-electron chi connectivity index (χ2n) is 3.70. The van der Waals surface area contributed by atoms with Crippen molar-refractivity contribution in [3.8, 4) is 0 Å². The highest BCUT2D eigenvalue weighted by Crippen LogP contribution is 2.22. The van der Waals surface area contributed by atoms with Crippen LogP contribution in [-0.4, -0.2) is 10.8 Å². The molecular formula is C13H8Br2ClNO. The summed E-state index contributed by atoms with van der Waals surface area (Å²) in [6.45, 7) is 0. The normalized spacial score (nSPS) is 10.4. The molecule has 2 aromatic rings. The van der Waals surface area contributed by atoms with Crippen molar-refractivity contribution in [2.45, 2.75) is 6.42 Å². The number of halogens is 3. The van der Waals surface area contributed by atoms with E-state index in [2.05, 4.69) is 36.8 Å². The maximum Gasteiger partial charge on any atom is 0.185 e. The number of Topliss-reactive ketones (excluding diaryl/α,β-unsaturated/α-hetero) is 1. The van der Waals surface area contributed by atoms with Crippen LogP contribution in [0.5, 0.6) is 0 Å². The molecule has 0 atom stereocenters. The zero-order valence-electron chi connectivity index (χ0n) is 9.16. The van der Waals surface area contributed by atoms with Gasteiger partial charge in [-0.3, -0.25) is 9.78 Å². The first-order valence-electron chi connectivity index (χ1n) is 5.15. The molecule has 0 fully saturated rings. The molecule has 1 aromatic carbocycles. The van der Waals surface area contributed by atoms with E-state index in [0.29, 0.717) is 10.7 Å². The van der Waals surface area contributed by atoms with Gasteiger partial charge in [0.05, 0.1) is 0 Å². The molecule has 0 bridgehead atoms. The number of hydrogen-bond acceptors (Lipinski definition) is 2. The average molecular weight is 389 g/mol. The first-order chi connectivity index (χ1) is 8.56. The van der Waals surface area contributed by atoms with E-state index in [4.69, 9.17) is 11.6 Å². The molecule has 0 radical (unpaired) electrons. The number of ketones is 1. The van der Waals surface area contributed by atoms with E-state index in [1.54, 1.807) is 24.4 Å². The van der Waals surface area contributed by atoms with E-state index in [1.165, 1.54) is 0 Å². The fourth-order valence-corrected chi connectivity index (χ4v) is 2.44. The van der Waals surface area contributed by atoms with Gasteiger partial charge in [-0.1, -0.05) is 33.6 Å². The molecule has 2 nitrogen and oxygen atoms in total. The first kappa shape index (κ1) is 13.7. The number of rotatable bonds is 3. The van der Waals surface area contributed by atoms with Crippen molar-refractivity contribution in [2.24, 2.45) is 0 Å². The van der Waals surface area contributed by atoms with E-state index in [0.717, 1.165) is 14.5 Å². The molecule has 0 aliphatic carbocycles. The third-order valence-corrected chi connectivity index (χ3v) is 3.69. The van der Waals surface area contributed by atoms with Gasteiger partial charge in [0.15, 0.2) is 5.78 Å². The lowest BCUT2D eigenvalue weighted by molar-refractivity contribution is 0.0988. The second kappa shape index (κ2) is 5.95. The lowest BCUT2D eigenvalue weighted by atomic mass is 10.1. The SMILES string of the molecule is O=C(Cc1ccc(Br)cc1Cl)c1ccc(Br)cn1. The summed E-state index contributed by atoms with van der Waals surface area (Å²) in [5.41, 5.74) is 1.24. The van der Waals surface area contributed by atoms with Crippen LogP contribution >= 0.6 is 43.5 Å². The molecule has 0 aliphatic heterocycles. The standard InChI is InChI=1S/C13H8Br2ClNO/c14-9-2-1-8(11(16)6-9)5-13(18)12-4-3-10(15)7-17-12/h1-4,6-7H,5H2. The quantitative estimate of drug-likeness (QED) is 0.713. The molecule has 0 unspecified atom stereocenters. The molecular weight excluding hydrogens is 381 g/mol. The van der Waals surface area contributed by atoms with Gasteiger partial charge in [0, 0.05) is 26.6 Å². The van der Waals surface area contributed by atoms with Crippen molar-refractivity contribution in [3.05, 3.63) is 61.8 Å². The van der Waals surface area contributed by atoms with Crippen LogP contribution in [0.2, 0.25) is 5.02 Å². The van der Waals surface area contributed by atoms with Crippen LogP contribution in [0.3, 0.4) is 0 Å². The van der Waals surface area contributed by atoms with Crippen LogP contribution in [-0.2, 0) is 6.42 Å². The number of hydrogen-bond donors (Lipinski definition) is 0. The topological polar surface area (TPSA) is 30.0 Å². The van der Waals surface area contributed by atoms with Crippen molar-refractivity contribution in [3.63, 3.8) is 0 Å². The van der Waals surface area contributed by atoms with Crippen molar-refractivity contribution in [1.82, 2.24) is 4.98 Å². The highest BCUT2D eigenvalue weighted by Gasteiger charge is 2.11. The Bertz CT molecular complexity index is 584. The van der Waals surface area contributed by atoms with E-state index in [9.17, 15) is 4.79 Å². The smallest absolute Gasteiger partial charge is 0.185 e. The lowest BCUT2D eigenvalue weighted by Crippen LogP contribution is -2.06. The molecule has 5 heteroatoms. The van der Waals surface area contributed by atoms with Gasteiger partial charge in [0.1, 0.15) is 5.69 Å². The van der Waals surface area contributed by atoms with Crippen LogP contribution in [0.1, 0.15) is 16.1 Å². The molecule has 1 heterocycles. The van der Waals surface area contributed by atoms with Gasteiger partial charge in [-0.15, -0.1) is 0 Å². The summed E-state index contributed by atoms with van der Waals surface area (Å²) in [6.07, 6.45) is 1.86. The fraction of sp³-hybridized carbons (Fsp3) is 0.0769. The van der Waals surface area contributed by atoms with Gasteiger partial charge in [-0.25, -0.2) is 0 Å². The maximum absolute atomic E-state index is 12.0. The summed E-state index contributed by atoms with van der Waals surface area (Å²) in [5, 5.41) is 0.579. The Morgan fingerprint density at radius 2 is 1.89 bits per heavy atom.